The van der Waals surface area contributed by atoms with E-state index in [1.165, 1.54) is 6.07 Å². The second-order valence-corrected chi connectivity index (χ2v) is 3.25. The topological polar surface area (TPSA) is 88.5 Å². The highest BCUT2D eigenvalue weighted by Crippen LogP contribution is 2.14. The first-order valence-corrected chi connectivity index (χ1v) is 4.64. The molecule has 0 fully saturated rings. The van der Waals surface area contributed by atoms with Crippen molar-refractivity contribution in [3.8, 4) is 0 Å². The van der Waals surface area contributed by atoms with Gasteiger partial charge in [-0.1, -0.05) is 5.16 Å². The molecule has 0 aliphatic carbocycles. The number of nitrogens with zero attached hydrogens (tertiary/aromatic N) is 1. The lowest BCUT2D eigenvalue weighted by Crippen LogP contribution is -1.98. The third kappa shape index (κ3) is 2.22. The number of anilines is 1. The van der Waals surface area contributed by atoms with E-state index < -0.39 is 5.97 Å². The number of hydrogen-bond acceptors (Lipinski definition) is 5. The number of aromatic nitrogens is 1. The summed E-state index contributed by atoms with van der Waals surface area (Å²) in [5.74, 6) is -0.0790. The molecule has 2 aromatic rings. The van der Waals surface area contributed by atoms with Crippen LogP contribution in [0, 0.1) is 6.92 Å². The van der Waals surface area contributed by atoms with Gasteiger partial charge in [0.1, 0.15) is 11.5 Å². The fourth-order valence-corrected chi connectivity index (χ4v) is 1.23. The van der Waals surface area contributed by atoms with E-state index in [0.717, 1.165) is 11.5 Å². The summed E-state index contributed by atoms with van der Waals surface area (Å²) in [6.45, 7) is 2.22. The second-order valence-electron chi connectivity index (χ2n) is 3.25. The van der Waals surface area contributed by atoms with Crippen molar-refractivity contribution in [3.63, 3.8) is 0 Å². The van der Waals surface area contributed by atoms with E-state index in [-0.39, 0.29) is 5.76 Å². The van der Waals surface area contributed by atoms with Gasteiger partial charge in [0.25, 0.3) is 0 Å². The van der Waals surface area contributed by atoms with Crippen LogP contribution in [0.3, 0.4) is 0 Å². The minimum atomic E-state index is -1.09. The summed E-state index contributed by atoms with van der Waals surface area (Å²) in [5.41, 5.74) is 0.728. The Morgan fingerprint density at radius 3 is 2.94 bits per heavy atom. The first-order valence-electron chi connectivity index (χ1n) is 4.64. The van der Waals surface area contributed by atoms with Gasteiger partial charge in [0.2, 0.25) is 5.76 Å². The smallest absolute Gasteiger partial charge is 0.371 e. The number of carboxylic acid groups (broad SMARTS) is 1. The third-order valence-electron chi connectivity index (χ3n) is 1.94. The van der Waals surface area contributed by atoms with Crippen molar-refractivity contribution in [2.75, 3.05) is 5.32 Å². The van der Waals surface area contributed by atoms with Gasteiger partial charge in [0.05, 0.1) is 6.54 Å². The zero-order chi connectivity index (χ0) is 11.5. The summed E-state index contributed by atoms with van der Waals surface area (Å²) in [5, 5.41) is 15.3. The summed E-state index contributed by atoms with van der Waals surface area (Å²) < 4.78 is 9.89. The molecule has 2 aromatic heterocycles. The number of furan rings is 1. The van der Waals surface area contributed by atoms with E-state index in [1.807, 2.05) is 0 Å². The molecule has 0 unspecified atom stereocenters. The van der Waals surface area contributed by atoms with E-state index in [1.54, 1.807) is 19.1 Å². The first kappa shape index (κ1) is 10.3. The van der Waals surface area contributed by atoms with Gasteiger partial charge >= 0.3 is 5.97 Å². The lowest BCUT2D eigenvalue weighted by atomic mass is 10.4. The van der Waals surface area contributed by atoms with Crippen LogP contribution < -0.4 is 5.32 Å². The second kappa shape index (κ2) is 4.09. The largest absolute Gasteiger partial charge is 0.475 e. The Morgan fingerprint density at radius 2 is 2.38 bits per heavy atom. The number of carboxylic acids is 1. The van der Waals surface area contributed by atoms with Gasteiger partial charge < -0.3 is 19.4 Å². The molecule has 6 nitrogen and oxygen atoms in total. The zero-order valence-electron chi connectivity index (χ0n) is 8.56. The summed E-state index contributed by atoms with van der Waals surface area (Å²) in [6, 6.07) is 4.73. The first-order chi connectivity index (χ1) is 7.65. The molecular formula is C10H10N2O4. The molecule has 0 aliphatic rings. The minimum Gasteiger partial charge on any atom is -0.475 e. The van der Waals surface area contributed by atoms with Crippen LogP contribution in [0.4, 0.5) is 5.88 Å². The summed E-state index contributed by atoms with van der Waals surface area (Å²) >= 11 is 0. The Morgan fingerprint density at radius 1 is 1.56 bits per heavy atom. The Balaban J connectivity index is 1.97. The Labute approximate surface area is 90.8 Å². The van der Waals surface area contributed by atoms with E-state index >= 15 is 0 Å². The van der Waals surface area contributed by atoms with Crippen LogP contribution in [0.2, 0.25) is 0 Å². The van der Waals surface area contributed by atoms with Crippen molar-refractivity contribution in [3.05, 3.63) is 35.4 Å². The van der Waals surface area contributed by atoms with Crippen LogP contribution in [-0.2, 0) is 6.54 Å². The van der Waals surface area contributed by atoms with Crippen molar-refractivity contribution in [1.29, 1.82) is 0 Å². The maximum atomic E-state index is 10.5. The standard InChI is InChI=1S/C10H10N2O4/c1-6-4-7(12-16-6)5-11-9-3-2-8(15-9)10(13)14/h2-4,11H,5H2,1H3,(H,13,14). The quantitative estimate of drug-likeness (QED) is 0.821. The van der Waals surface area contributed by atoms with Crippen LogP contribution in [0.25, 0.3) is 0 Å². The fraction of sp³-hybridized carbons (Fsp3) is 0.200. The lowest BCUT2D eigenvalue weighted by Gasteiger charge is -1.97. The monoisotopic (exact) mass is 222 g/mol. The van der Waals surface area contributed by atoms with Crippen molar-refractivity contribution in [2.45, 2.75) is 13.5 Å². The molecule has 2 N–H and O–H groups in total. The Hall–Kier alpha value is -2.24. The fourth-order valence-electron chi connectivity index (χ4n) is 1.23. The van der Waals surface area contributed by atoms with E-state index in [0.29, 0.717) is 12.4 Å². The molecule has 0 saturated heterocycles. The predicted molar refractivity (Wildman–Crippen MR) is 54.2 cm³/mol. The average molecular weight is 222 g/mol. The highest BCUT2D eigenvalue weighted by Gasteiger charge is 2.08. The number of nitrogens with one attached hydrogen (secondary N) is 1. The van der Waals surface area contributed by atoms with Gasteiger partial charge in [0, 0.05) is 12.1 Å². The van der Waals surface area contributed by atoms with Crippen molar-refractivity contribution in [2.24, 2.45) is 0 Å². The number of aryl methyl sites for hydroxylation is 1. The van der Waals surface area contributed by atoms with Crippen LogP contribution in [0.1, 0.15) is 22.0 Å². The van der Waals surface area contributed by atoms with E-state index in [2.05, 4.69) is 10.5 Å². The van der Waals surface area contributed by atoms with Gasteiger partial charge in [-0.05, 0) is 13.0 Å². The summed E-state index contributed by atoms with van der Waals surface area (Å²) in [4.78, 5) is 10.5. The average Bonchev–Trinajstić information content (AvgIpc) is 2.83. The molecule has 0 radical (unpaired) electrons. The number of aromatic carboxylic acids is 1. The van der Waals surface area contributed by atoms with Crippen LogP contribution >= 0.6 is 0 Å². The molecule has 0 saturated carbocycles. The van der Waals surface area contributed by atoms with E-state index in [9.17, 15) is 4.79 Å². The molecule has 2 heterocycles. The van der Waals surface area contributed by atoms with Gasteiger partial charge in [-0.2, -0.15) is 0 Å². The SMILES string of the molecule is Cc1cc(CNc2ccc(C(=O)O)o2)no1. The molecule has 0 amide bonds. The molecule has 0 spiro atoms. The van der Waals surface area contributed by atoms with Crippen LogP contribution in [-0.4, -0.2) is 16.2 Å². The normalized spacial score (nSPS) is 10.3. The Bertz CT molecular complexity index is 500. The van der Waals surface area contributed by atoms with Gasteiger partial charge in [-0.25, -0.2) is 4.79 Å². The Kier molecular flexibility index (Phi) is 2.63. The van der Waals surface area contributed by atoms with Crippen LogP contribution in [0.5, 0.6) is 0 Å². The number of rotatable bonds is 4. The molecule has 84 valence electrons. The molecular weight excluding hydrogens is 212 g/mol. The minimum absolute atomic E-state index is 0.0983. The van der Waals surface area contributed by atoms with Crippen molar-refractivity contribution >= 4 is 11.9 Å². The van der Waals surface area contributed by atoms with Crippen LogP contribution in [0.15, 0.2) is 27.1 Å². The van der Waals surface area contributed by atoms with Crippen molar-refractivity contribution in [1.82, 2.24) is 5.16 Å². The zero-order valence-corrected chi connectivity index (χ0v) is 8.56. The number of hydrogen-bond donors (Lipinski definition) is 2. The predicted octanol–water partition coefficient (Wildman–Crippen LogP) is 1.89. The van der Waals surface area contributed by atoms with E-state index in [4.69, 9.17) is 14.0 Å². The third-order valence-corrected chi connectivity index (χ3v) is 1.94. The van der Waals surface area contributed by atoms with Gasteiger partial charge in [0.15, 0.2) is 5.88 Å². The summed E-state index contributed by atoms with van der Waals surface area (Å²) in [7, 11) is 0. The molecule has 0 atom stereocenters. The molecule has 16 heavy (non-hydrogen) atoms. The maximum absolute atomic E-state index is 10.5. The van der Waals surface area contributed by atoms with Gasteiger partial charge in [-0.3, -0.25) is 0 Å². The number of carbonyl (C=O) groups is 1. The summed E-state index contributed by atoms with van der Waals surface area (Å²) in [6.07, 6.45) is 0. The molecule has 0 aliphatic heterocycles. The molecule has 6 heteroatoms. The lowest BCUT2D eigenvalue weighted by molar-refractivity contribution is 0.0663. The molecule has 0 aromatic carbocycles. The van der Waals surface area contributed by atoms with Crippen molar-refractivity contribution < 1.29 is 18.8 Å². The van der Waals surface area contributed by atoms with Gasteiger partial charge in [-0.15, -0.1) is 0 Å². The highest BCUT2D eigenvalue weighted by molar-refractivity contribution is 5.84. The maximum Gasteiger partial charge on any atom is 0.371 e. The highest BCUT2D eigenvalue weighted by atomic mass is 16.5. The molecule has 2 rings (SSSR count). The molecule has 0 bridgehead atoms.